The molecule has 1 aliphatic rings. The molecule has 0 radical (unpaired) electrons. The fourth-order valence-electron chi connectivity index (χ4n) is 3.25. The molecule has 12 heteroatoms. The van der Waals surface area contributed by atoms with Gasteiger partial charge in [0.2, 0.25) is 0 Å². The van der Waals surface area contributed by atoms with Crippen molar-refractivity contribution in [1.82, 2.24) is 14.9 Å². The minimum absolute atomic E-state index is 0.0812. The Morgan fingerprint density at radius 1 is 1.38 bits per heavy atom. The molecule has 1 saturated heterocycles. The molecular weight excluding hydrogens is 463 g/mol. The van der Waals surface area contributed by atoms with E-state index in [1.165, 1.54) is 23.6 Å². The number of likely N-dealkylation sites (tertiary alicyclic amines) is 1. The molecule has 4 N–H and O–H groups in total. The molecule has 1 atom stereocenters. The molecule has 2 aromatic heterocycles. The molecule has 0 saturated carbocycles. The van der Waals surface area contributed by atoms with Crippen molar-refractivity contribution in [3.05, 3.63) is 29.7 Å². The molecule has 32 heavy (non-hydrogen) atoms. The van der Waals surface area contributed by atoms with Crippen molar-refractivity contribution in [3.63, 3.8) is 0 Å². The highest BCUT2D eigenvalue weighted by Crippen LogP contribution is 2.41. The van der Waals surface area contributed by atoms with Crippen LogP contribution in [-0.4, -0.2) is 56.9 Å². The Morgan fingerprint density at radius 2 is 2.03 bits per heavy atom. The lowest BCUT2D eigenvalue weighted by Crippen LogP contribution is -2.44. The molecule has 0 spiro atoms. The normalized spacial score (nSPS) is 16.4. The molecule has 1 fully saturated rings. The number of aliphatic hydroxyl groups excluding tert-OH is 1. The number of carbonyl (C=O) groups excluding carboxylic acids is 1. The molecule has 0 unspecified atom stereocenters. The van der Waals surface area contributed by atoms with Crippen LogP contribution in [0.2, 0.25) is 0 Å². The number of anilines is 1. The van der Waals surface area contributed by atoms with Gasteiger partial charge in [0.05, 0.1) is 27.3 Å². The number of thiazole rings is 1. The lowest BCUT2D eigenvalue weighted by molar-refractivity contribution is -0.181. The molecule has 7 nitrogen and oxygen atoms in total. The first-order valence-electron chi connectivity index (χ1n) is 9.74. The minimum Gasteiger partial charge on any atom is -0.400 e. The third kappa shape index (κ3) is 5.36. The highest BCUT2D eigenvalue weighted by Gasteiger charge is 2.49. The number of aromatic nitrogens is 2. The van der Waals surface area contributed by atoms with E-state index in [-0.39, 0.29) is 22.8 Å². The van der Waals surface area contributed by atoms with Crippen LogP contribution in [0.25, 0.3) is 10.4 Å². The second-order valence-corrected chi connectivity index (χ2v) is 9.14. The second kappa shape index (κ2) is 10.1. The standard InChI is InChI=1S/C19H22F3N5OS2.CH4O/c1-10-14(11-6-7-24-13(9-11)18(2,3)19(20,21)22)30-16(25-10)26-17(28)27-8-4-5-12(27)15(23)29;1-2/h6-7,9,12H,4-5,8H2,1-3H3,(H2,23,29)(H,25,26,28);2H,1H3/t12-;/m0./s1. The van der Waals surface area contributed by atoms with Crippen molar-refractivity contribution < 1.29 is 23.1 Å². The SMILES string of the molecule is CO.Cc1nc(NC(=O)N2CCC[C@H]2C(N)=S)sc1-c1ccnc(C(C)(C)C(F)(F)F)c1. The van der Waals surface area contributed by atoms with Crippen LogP contribution >= 0.6 is 23.6 Å². The Hall–Kier alpha value is -2.31. The quantitative estimate of drug-likeness (QED) is 0.555. The molecular formula is C20H26F3N5O2S2. The molecule has 0 bridgehead atoms. The van der Waals surface area contributed by atoms with Crippen LogP contribution in [0.5, 0.6) is 0 Å². The molecule has 176 valence electrons. The number of aliphatic hydroxyl groups is 1. The number of hydrogen-bond acceptors (Lipinski definition) is 6. The van der Waals surface area contributed by atoms with Gasteiger partial charge in [-0.25, -0.2) is 9.78 Å². The number of nitrogens with two attached hydrogens (primary N) is 1. The highest BCUT2D eigenvalue weighted by atomic mass is 32.1. The smallest absolute Gasteiger partial charge is 0.399 e. The van der Waals surface area contributed by atoms with Crippen molar-refractivity contribution >= 4 is 39.7 Å². The van der Waals surface area contributed by atoms with Gasteiger partial charge in [-0.15, -0.1) is 0 Å². The van der Waals surface area contributed by atoms with E-state index in [4.69, 9.17) is 23.1 Å². The zero-order valence-corrected chi connectivity index (χ0v) is 19.8. The van der Waals surface area contributed by atoms with Crippen molar-refractivity contribution in [2.24, 2.45) is 5.73 Å². The van der Waals surface area contributed by atoms with Gasteiger partial charge in [-0.1, -0.05) is 23.6 Å². The van der Waals surface area contributed by atoms with E-state index >= 15 is 0 Å². The maximum atomic E-state index is 13.4. The summed E-state index contributed by atoms with van der Waals surface area (Å²) in [5, 5.41) is 10.1. The van der Waals surface area contributed by atoms with Gasteiger partial charge in [0.25, 0.3) is 0 Å². The van der Waals surface area contributed by atoms with E-state index in [1.807, 2.05) is 0 Å². The summed E-state index contributed by atoms with van der Waals surface area (Å²) < 4.78 is 40.2. The number of hydrogen-bond donors (Lipinski definition) is 3. The van der Waals surface area contributed by atoms with Gasteiger partial charge in [0, 0.05) is 19.9 Å². The van der Waals surface area contributed by atoms with Crippen molar-refractivity contribution in [3.8, 4) is 10.4 Å². The molecule has 2 aromatic rings. The van der Waals surface area contributed by atoms with Gasteiger partial charge in [0.15, 0.2) is 5.13 Å². The zero-order valence-electron chi connectivity index (χ0n) is 18.2. The molecule has 3 rings (SSSR count). The van der Waals surface area contributed by atoms with Crippen LogP contribution in [0.1, 0.15) is 38.1 Å². The van der Waals surface area contributed by atoms with E-state index in [0.29, 0.717) is 27.8 Å². The maximum Gasteiger partial charge on any atom is 0.399 e. The van der Waals surface area contributed by atoms with Crippen LogP contribution in [0.4, 0.5) is 23.1 Å². The molecule has 0 aliphatic carbocycles. The number of carbonyl (C=O) groups is 1. The topological polar surface area (TPSA) is 104 Å². The maximum absolute atomic E-state index is 13.4. The Bertz CT molecular complexity index is 978. The summed E-state index contributed by atoms with van der Waals surface area (Å²) in [6.45, 7) is 4.48. The number of urea groups is 1. The van der Waals surface area contributed by atoms with Crippen LogP contribution < -0.4 is 11.1 Å². The van der Waals surface area contributed by atoms with Gasteiger partial charge >= 0.3 is 12.2 Å². The van der Waals surface area contributed by atoms with E-state index in [1.54, 1.807) is 17.9 Å². The number of alkyl halides is 3. The first kappa shape index (κ1) is 25.9. The number of halogens is 3. The molecule has 2 amide bonds. The average Bonchev–Trinajstić information content (AvgIpc) is 3.36. The molecule has 0 aromatic carbocycles. The fourth-order valence-corrected chi connectivity index (χ4v) is 4.44. The Kier molecular flexibility index (Phi) is 8.18. The van der Waals surface area contributed by atoms with E-state index in [9.17, 15) is 18.0 Å². The monoisotopic (exact) mass is 489 g/mol. The summed E-state index contributed by atoms with van der Waals surface area (Å²) in [5.41, 5.74) is 4.71. The summed E-state index contributed by atoms with van der Waals surface area (Å²) in [4.78, 5) is 23.4. The van der Waals surface area contributed by atoms with Crippen LogP contribution in [-0.2, 0) is 5.41 Å². The number of nitrogens with one attached hydrogen (secondary N) is 1. The summed E-state index contributed by atoms with van der Waals surface area (Å²) in [6, 6.07) is 2.42. The predicted molar refractivity (Wildman–Crippen MR) is 123 cm³/mol. The van der Waals surface area contributed by atoms with E-state index in [0.717, 1.165) is 33.8 Å². The lowest BCUT2D eigenvalue weighted by atomic mass is 9.87. The molecule has 1 aliphatic heterocycles. The fraction of sp³-hybridized carbons (Fsp3) is 0.500. The number of rotatable bonds is 4. The third-order valence-electron chi connectivity index (χ3n) is 5.22. The predicted octanol–water partition coefficient (Wildman–Crippen LogP) is 4.24. The number of amides is 2. The van der Waals surface area contributed by atoms with Crippen molar-refractivity contribution in [1.29, 1.82) is 0 Å². The van der Waals surface area contributed by atoms with E-state index in [2.05, 4.69) is 15.3 Å². The Balaban J connectivity index is 0.00000176. The summed E-state index contributed by atoms with van der Waals surface area (Å²) in [5.74, 6) is 0. The molecule has 3 heterocycles. The summed E-state index contributed by atoms with van der Waals surface area (Å²) in [6.07, 6.45) is -1.55. The Morgan fingerprint density at radius 3 is 2.62 bits per heavy atom. The third-order valence-corrected chi connectivity index (χ3v) is 6.62. The number of thiocarbonyl (C=S) groups is 1. The van der Waals surface area contributed by atoms with Crippen LogP contribution in [0.15, 0.2) is 18.3 Å². The highest BCUT2D eigenvalue weighted by molar-refractivity contribution is 7.80. The van der Waals surface area contributed by atoms with Gasteiger partial charge in [-0.05, 0) is 51.3 Å². The van der Waals surface area contributed by atoms with Crippen molar-refractivity contribution in [2.45, 2.75) is 51.2 Å². The number of nitrogens with zero attached hydrogens (tertiary/aromatic N) is 3. The Labute approximate surface area is 193 Å². The average molecular weight is 490 g/mol. The van der Waals surface area contributed by atoms with Crippen molar-refractivity contribution in [2.75, 3.05) is 19.0 Å². The summed E-state index contributed by atoms with van der Waals surface area (Å²) in [7, 11) is 1.00. The van der Waals surface area contributed by atoms with Gasteiger partial charge in [0.1, 0.15) is 5.41 Å². The van der Waals surface area contributed by atoms with Crippen LogP contribution in [0, 0.1) is 6.92 Å². The first-order valence-corrected chi connectivity index (χ1v) is 11.0. The van der Waals surface area contributed by atoms with Gasteiger partial charge < -0.3 is 15.7 Å². The lowest BCUT2D eigenvalue weighted by Gasteiger charge is -2.27. The van der Waals surface area contributed by atoms with Crippen LogP contribution in [0.3, 0.4) is 0 Å². The summed E-state index contributed by atoms with van der Waals surface area (Å²) >= 11 is 6.22. The second-order valence-electron chi connectivity index (χ2n) is 7.67. The number of aryl methyl sites for hydroxylation is 1. The zero-order chi connectivity index (χ0) is 24.3. The number of pyridine rings is 1. The minimum atomic E-state index is -4.43. The van der Waals surface area contributed by atoms with Gasteiger partial charge in [-0.2, -0.15) is 13.2 Å². The van der Waals surface area contributed by atoms with Gasteiger partial charge in [-0.3, -0.25) is 10.3 Å². The largest absolute Gasteiger partial charge is 0.400 e. The van der Waals surface area contributed by atoms with E-state index < -0.39 is 11.6 Å². The first-order chi connectivity index (χ1) is 14.9.